The molecular weight excluding hydrogens is 312 g/mol. The van der Waals surface area contributed by atoms with Crippen molar-refractivity contribution in [2.24, 2.45) is 0 Å². The van der Waals surface area contributed by atoms with Crippen molar-refractivity contribution in [1.29, 1.82) is 0 Å². The minimum Gasteiger partial charge on any atom is -0.462 e. The van der Waals surface area contributed by atoms with E-state index in [2.05, 4.69) is 15.7 Å². The Morgan fingerprint density at radius 1 is 1.26 bits per heavy atom. The number of aryl methyl sites for hydroxylation is 1. The van der Waals surface area contributed by atoms with Crippen molar-refractivity contribution in [3.05, 3.63) is 47.8 Å². The van der Waals surface area contributed by atoms with E-state index in [1.807, 2.05) is 23.9 Å². The van der Waals surface area contributed by atoms with Crippen LogP contribution in [0.4, 0.5) is 5.69 Å². The minimum absolute atomic E-state index is 0.328. The molecule has 7 heteroatoms. The Morgan fingerprint density at radius 2 is 2.00 bits per heavy atom. The van der Waals surface area contributed by atoms with Crippen LogP contribution in [0.15, 0.2) is 36.5 Å². The Balaban J connectivity index is 1.83. The van der Waals surface area contributed by atoms with Crippen LogP contribution in [0.25, 0.3) is 0 Å². The molecule has 1 aromatic heterocycles. The van der Waals surface area contributed by atoms with E-state index in [0.717, 1.165) is 17.9 Å². The topological polar surface area (TPSA) is 68.2 Å². The molecule has 0 bridgehead atoms. The summed E-state index contributed by atoms with van der Waals surface area (Å²) in [7, 11) is 0. The predicted octanol–water partition coefficient (Wildman–Crippen LogP) is 2.57. The average Bonchev–Trinajstić information content (AvgIpc) is 3.02. The summed E-state index contributed by atoms with van der Waals surface area (Å²) in [6.45, 7) is 5.58. The van der Waals surface area contributed by atoms with Gasteiger partial charge in [-0.2, -0.15) is 5.10 Å². The zero-order valence-corrected chi connectivity index (χ0v) is 14.0. The molecule has 2 rings (SSSR count). The summed E-state index contributed by atoms with van der Waals surface area (Å²) in [5, 5.41) is 11.0. The quantitative estimate of drug-likeness (QED) is 0.626. The number of benzene rings is 1. The van der Waals surface area contributed by atoms with Crippen molar-refractivity contribution in [2.75, 3.05) is 11.9 Å². The van der Waals surface area contributed by atoms with Crippen molar-refractivity contribution in [2.45, 2.75) is 26.9 Å². The standard InChI is InChI=1S/C16H20N4O2S/c1-3-20-10-9-14(19-20)11-17-16(23)18-13-7-5-12(6-8-13)15(21)22-4-2/h5-10H,3-4,11H2,1-2H3,(H2,17,18,23). The maximum absolute atomic E-state index is 11.6. The van der Waals surface area contributed by atoms with Crippen molar-refractivity contribution in [1.82, 2.24) is 15.1 Å². The third-order valence-corrected chi connectivity index (χ3v) is 3.35. The predicted molar refractivity (Wildman–Crippen MR) is 93.4 cm³/mol. The molecule has 0 atom stereocenters. The summed E-state index contributed by atoms with van der Waals surface area (Å²) in [4.78, 5) is 11.6. The molecule has 23 heavy (non-hydrogen) atoms. The molecule has 122 valence electrons. The Morgan fingerprint density at radius 3 is 2.61 bits per heavy atom. The van der Waals surface area contributed by atoms with Crippen LogP contribution in [-0.4, -0.2) is 27.5 Å². The van der Waals surface area contributed by atoms with Crippen molar-refractivity contribution in [3.8, 4) is 0 Å². The van der Waals surface area contributed by atoms with Crippen LogP contribution in [-0.2, 0) is 17.8 Å². The number of hydrogen-bond donors (Lipinski definition) is 2. The Bertz CT molecular complexity index is 667. The zero-order chi connectivity index (χ0) is 16.7. The number of carbonyl (C=O) groups is 1. The summed E-state index contributed by atoms with van der Waals surface area (Å²) in [5.41, 5.74) is 2.24. The number of nitrogens with one attached hydrogen (secondary N) is 2. The number of hydrogen-bond acceptors (Lipinski definition) is 4. The van der Waals surface area contributed by atoms with E-state index in [0.29, 0.717) is 23.8 Å². The van der Waals surface area contributed by atoms with E-state index in [-0.39, 0.29) is 5.97 Å². The first-order valence-corrected chi connectivity index (χ1v) is 7.87. The van der Waals surface area contributed by atoms with Crippen molar-refractivity contribution < 1.29 is 9.53 Å². The second kappa shape index (κ2) is 8.28. The van der Waals surface area contributed by atoms with Gasteiger partial charge in [0.2, 0.25) is 0 Å². The van der Waals surface area contributed by atoms with Gasteiger partial charge in [-0.1, -0.05) is 0 Å². The highest BCUT2D eigenvalue weighted by atomic mass is 32.1. The Hall–Kier alpha value is -2.41. The number of esters is 1. The summed E-state index contributed by atoms with van der Waals surface area (Å²) in [6, 6.07) is 8.92. The molecule has 0 radical (unpaired) electrons. The van der Waals surface area contributed by atoms with Crippen LogP contribution >= 0.6 is 12.2 Å². The van der Waals surface area contributed by atoms with Crippen LogP contribution < -0.4 is 10.6 Å². The molecule has 0 fully saturated rings. The van der Waals surface area contributed by atoms with Gasteiger partial charge < -0.3 is 15.4 Å². The van der Waals surface area contributed by atoms with Crippen LogP contribution in [0, 0.1) is 0 Å². The minimum atomic E-state index is -0.328. The van der Waals surface area contributed by atoms with Gasteiger partial charge in [0.25, 0.3) is 0 Å². The Labute approximate surface area is 140 Å². The van der Waals surface area contributed by atoms with E-state index < -0.39 is 0 Å². The molecule has 0 aliphatic heterocycles. The van der Waals surface area contributed by atoms with Crippen LogP contribution in [0.5, 0.6) is 0 Å². The fourth-order valence-corrected chi connectivity index (χ4v) is 2.11. The molecule has 2 N–H and O–H groups in total. The first kappa shape index (κ1) is 17.0. The smallest absolute Gasteiger partial charge is 0.338 e. The van der Waals surface area contributed by atoms with Gasteiger partial charge >= 0.3 is 5.97 Å². The van der Waals surface area contributed by atoms with E-state index >= 15 is 0 Å². The third-order valence-electron chi connectivity index (χ3n) is 3.10. The molecule has 1 aromatic carbocycles. The highest BCUT2D eigenvalue weighted by Crippen LogP contribution is 2.10. The third kappa shape index (κ3) is 5.07. The monoisotopic (exact) mass is 332 g/mol. The molecule has 2 aromatic rings. The van der Waals surface area contributed by atoms with E-state index in [1.54, 1.807) is 31.2 Å². The van der Waals surface area contributed by atoms with Gasteiger partial charge in [-0.3, -0.25) is 4.68 Å². The first-order valence-electron chi connectivity index (χ1n) is 7.46. The largest absolute Gasteiger partial charge is 0.462 e. The lowest BCUT2D eigenvalue weighted by molar-refractivity contribution is 0.0526. The maximum atomic E-state index is 11.6. The molecule has 0 amide bonds. The second-order valence-corrected chi connectivity index (χ2v) is 5.18. The SMILES string of the molecule is CCOC(=O)c1ccc(NC(=S)NCc2ccn(CC)n2)cc1. The fourth-order valence-electron chi connectivity index (χ4n) is 1.92. The van der Waals surface area contributed by atoms with Gasteiger partial charge in [0.05, 0.1) is 24.4 Å². The summed E-state index contributed by atoms with van der Waals surface area (Å²) >= 11 is 5.25. The Kier molecular flexibility index (Phi) is 6.10. The van der Waals surface area contributed by atoms with Crippen LogP contribution in [0.3, 0.4) is 0 Å². The molecule has 0 unspecified atom stereocenters. The summed E-state index contributed by atoms with van der Waals surface area (Å²) in [5.74, 6) is -0.328. The average molecular weight is 332 g/mol. The highest BCUT2D eigenvalue weighted by molar-refractivity contribution is 7.80. The summed E-state index contributed by atoms with van der Waals surface area (Å²) in [6.07, 6.45) is 1.93. The van der Waals surface area contributed by atoms with Crippen LogP contribution in [0.1, 0.15) is 29.9 Å². The molecule has 1 heterocycles. The number of thiocarbonyl (C=S) groups is 1. The normalized spacial score (nSPS) is 10.2. The number of anilines is 1. The number of rotatable bonds is 6. The van der Waals surface area contributed by atoms with Gasteiger partial charge in [-0.05, 0) is 56.4 Å². The summed E-state index contributed by atoms with van der Waals surface area (Å²) < 4.78 is 6.80. The van der Waals surface area contributed by atoms with Gasteiger partial charge in [0.15, 0.2) is 5.11 Å². The maximum Gasteiger partial charge on any atom is 0.338 e. The molecule has 0 aliphatic carbocycles. The molecule has 6 nitrogen and oxygen atoms in total. The highest BCUT2D eigenvalue weighted by Gasteiger charge is 2.06. The van der Waals surface area contributed by atoms with Gasteiger partial charge in [0, 0.05) is 18.4 Å². The molecular formula is C16H20N4O2S. The molecule has 0 saturated heterocycles. The van der Waals surface area contributed by atoms with E-state index in [1.165, 1.54) is 0 Å². The second-order valence-electron chi connectivity index (χ2n) is 4.77. The van der Waals surface area contributed by atoms with Crippen LogP contribution in [0.2, 0.25) is 0 Å². The fraction of sp³-hybridized carbons (Fsp3) is 0.312. The molecule has 0 spiro atoms. The number of ether oxygens (including phenoxy) is 1. The number of nitrogens with zero attached hydrogens (tertiary/aromatic N) is 2. The molecule has 0 aliphatic rings. The van der Waals surface area contributed by atoms with E-state index in [4.69, 9.17) is 17.0 Å². The lowest BCUT2D eigenvalue weighted by Crippen LogP contribution is -2.28. The van der Waals surface area contributed by atoms with Gasteiger partial charge in [0.1, 0.15) is 0 Å². The zero-order valence-electron chi connectivity index (χ0n) is 13.2. The lowest BCUT2D eigenvalue weighted by Gasteiger charge is -2.10. The number of carbonyl (C=O) groups excluding carboxylic acids is 1. The number of aromatic nitrogens is 2. The molecule has 0 saturated carbocycles. The van der Waals surface area contributed by atoms with E-state index in [9.17, 15) is 4.79 Å². The van der Waals surface area contributed by atoms with Gasteiger partial charge in [-0.15, -0.1) is 0 Å². The van der Waals surface area contributed by atoms with Gasteiger partial charge in [-0.25, -0.2) is 4.79 Å². The lowest BCUT2D eigenvalue weighted by atomic mass is 10.2. The van der Waals surface area contributed by atoms with Crippen molar-refractivity contribution >= 4 is 29.0 Å². The first-order chi connectivity index (χ1) is 11.1. The van der Waals surface area contributed by atoms with Crippen molar-refractivity contribution in [3.63, 3.8) is 0 Å².